The minimum atomic E-state index is 0.0545. The van der Waals surface area contributed by atoms with Gasteiger partial charge < -0.3 is 10.0 Å². The zero-order valence-electron chi connectivity index (χ0n) is 8.52. The Bertz CT molecular complexity index is 262. The second-order valence-electron chi connectivity index (χ2n) is 4.37. The topological polar surface area (TPSA) is 40.5 Å². The molecule has 2 aliphatic rings. The van der Waals surface area contributed by atoms with Crippen LogP contribution in [0.2, 0.25) is 0 Å². The molecule has 0 aromatic carbocycles. The van der Waals surface area contributed by atoms with Crippen molar-refractivity contribution >= 4 is 5.91 Å². The summed E-state index contributed by atoms with van der Waals surface area (Å²) >= 11 is 0. The van der Waals surface area contributed by atoms with E-state index in [0.29, 0.717) is 18.4 Å². The highest BCUT2D eigenvalue weighted by Crippen LogP contribution is 2.43. The number of nitrogens with zero attached hydrogens (tertiary/aromatic N) is 1. The minimum Gasteiger partial charge on any atom is -0.395 e. The Balaban J connectivity index is 1.96. The van der Waals surface area contributed by atoms with Crippen LogP contribution in [0.5, 0.6) is 0 Å². The highest BCUT2D eigenvalue weighted by Gasteiger charge is 2.40. The second kappa shape index (κ2) is 3.73. The van der Waals surface area contributed by atoms with Gasteiger partial charge in [-0.1, -0.05) is 12.2 Å². The lowest BCUT2D eigenvalue weighted by Crippen LogP contribution is -2.36. The SMILES string of the molecule is CN(CCO)C(=O)C1CC2C=CC1C2. The van der Waals surface area contributed by atoms with E-state index in [-0.39, 0.29) is 18.4 Å². The third-order valence-electron chi connectivity index (χ3n) is 3.41. The Morgan fingerprint density at radius 1 is 1.50 bits per heavy atom. The summed E-state index contributed by atoms with van der Waals surface area (Å²) in [5, 5.41) is 8.75. The van der Waals surface area contributed by atoms with Gasteiger partial charge >= 0.3 is 0 Å². The van der Waals surface area contributed by atoms with Gasteiger partial charge in [-0.05, 0) is 24.7 Å². The van der Waals surface area contributed by atoms with Crippen LogP contribution in [0.3, 0.4) is 0 Å². The zero-order chi connectivity index (χ0) is 10.1. The Hall–Kier alpha value is -0.830. The molecule has 3 atom stereocenters. The number of rotatable bonds is 3. The predicted octanol–water partition coefficient (Wildman–Crippen LogP) is 0.649. The minimum absolute atomic E-state index is 0.0545. The van der Waals surface area contributed by atoms with Crippen molar-refractivity contribution in [3.63, 3.8) is 0 Å². The number of amides is 1. The largest absolute Gasteiger partial charge is 0.395 e. The predicted molar refractivity (Wildman–Crippen MR) is 53.6 cm³/mol. The van der Waals surface area contributed by atoms with Crippen LogP contribution < -0.4 is 0 Å². The fourth-order valence-electron chi connectivity index (χ4n) is 2.61. The average molecular weight is 195 g/mol. The van der Waals surface area contributed by atoms with E-state index in [9.17, 15) is 4.79 Å². The maximum atomic E-state index is 11.9. The zero-order valence-corrected chi connectivity index (χ0v) is 8.52. The molecular formula is C11H17NO2. The molecule has 3 unspecified atom stereocenters. The van der Waals surface area contributed by atoms with Gasteiger partial charge in [0.25, 0.3) is 0 Å². The maximum absolute atomic E-state index is 11.9. The molecule has 0 radical (unpaired) electrons. The van der Waals surface area contributed by atoms with Crippen molar-refractivity contribution < 1.29 is 9.90 Å². The molecule has 0 aromatic rings. The van der Waals surface area contributed by atoms with Gasteiger partial charge in [-0.25, -0.2) is 0 Å². The van der Waals surface area contributed by atoms with Crippen LogP contribution in [0.25, 0.3) is 0 Å². The Labute approximate surface area is 84.4 Å². The molecule has 0 heterocycles. The van der Waals surface area contributed by atoms with Crippen molar-refractivity contribution in [2.45, 2.75) is 12.8 Å². The second-order valence-corrected chi connectivity index (χ2v) is 4.37. The Morgan fingerprint density at radius 2 is 2.29 bits per heavy atom. The number of allylic oxidation sites excluding steroid dienone is 2. The molecule has 1 fully saturated rings. The van der Waals surface area contributed by atoms with E-state index >= 15 is 0 Å². The molecule has 0 aromatic heterocycles. The monoisotopic (exact) mass is 195 g/mol. The van der Waals surface area contributed by atoms with Gasteiger partial charge in [0.1, 0.15) is 0 Å². The lowest BCUT2D eigenvalue weighted by atomic mass is 9.92. The van der Waals surface area contributed by atoms with Crippen molar-refractivity contribution in [3.8, 4) is 0 Å². The molecule has 0 spiro atoms. The molecule has 0 aliphatic heterocycles. The summed E-state index contributed by atoms with van der Waals surface area (Å²) in [6.45, 7) is 0.509. The van der Waals surface area contributed by atoms with Crippen molar-refractivity contribution in [2.24, 2.45) is 17.8 Å². The molecule has 2 bridgehead atoms. The van der Waals surface area contributed by atoms with E-state index in [4.69, 9.17) is 5.11 Å². The fraction of sp³-hybridized carbons (Fsp3) is 0.727. The van der Waals surface area contributed by atoms with Gasteiger partial charge in [0, 0.05) is 19.5 Å². The Morgan fingerprint density at radius 3 is 2.79 bits per heavy atom. The molecule has 78 valence electrons. The van der Waals surface area contributed by atoms with Crippen LogP contribution in [0.1, 0.15) is 12.8 Å². The summed E-state index contributed by atoms with van der Waals surface area (Å²) in [6, 6.07) is 0. The molecule has 1 amide bonds. The highest BCUT2D eigenvalue weighted by atomic mass is 16.3. The van der Waals surface area contributed by atoms with Gasteiger partial charge in [-0.15, -0.1) is 0 Å². The molecule has 2 rings (SSSR count). The first-order chi connectivity index (χ1) is 6.72. The molecule has 1 saturated carbocycles. The van der Waals surface area contributed by atoms with E-state index in [1.807, 2.05) is 0 Å². The van der Waals surface area contributed by atoms with E-state index < -0.39 is 0 Å². The van der Waals surface area contributed by atoms with E-state index in [0.717, 1.165) is 12.8 Å². The first-order valence-electron chi connectivity index (χ1n) is 5.26. The van der Waals surface area contributed by atoms with E-state index in [2.05, 4.69) is 12.2 Å². The number of hydrogen-bond donors (Lipinski definition) is 1. The molecule has 14 heavy (non-hydrogen) atoms. The first kappa shape index (κ1) is 9.71. The number of hydrogen-bond acceptors (Lipinski definition) is 2. The summed E-state index contributed by atoms with van der Waals surface area (Å²) < 4.78 is 0. The van der Waals surface area contributed by atoms with Crippen LogP contribution in [-0.4, -0.2) is 36.1 Å². The number of carbonyl (C=O) groups is 1. The van der Waals surface area contributed by atoms with Crippen molar-refractivity contribution in [3.05, 3.63) is 12.2 Å². The lowest BCUT2D eigenvalue weighted by Gasteiger charge is -2.23. The maximum Gasteiger partial charge on any atom is 0.226 e. The quantitative estimate of drug-likeness (QED) is 0.672. The van der Waals surface area contributed by atoms with Crippen LogP contribution in [0.15, 0.2) is 12.2 Å². The van der Waals surface area contributed by atoms with Crippen molar-refractivity contribution in [1.82, 2.24) is 4.90 Å². The lowest BCUT2D eigenvalue weighted by molar-refractivity contribution is -0.135. The summed E-state index contributed by atoms with van der Waals surface area (Å²) in [5.41, 5.74) is 0. The summed E-state index contributed by atoms with van der Waals surface area (Å²) in [7, 11) is 1.77. The molecule has 2 aliphatic carbocycles. The van der Waals surface area contributed by atoms with E-state index in [1.165, 1.54) is 0 Å². The standard InChI is InChI=1S/C11H17NO2/c1-12(4-5-13)11(14)10-7-8-2-3-9(10)6-8/h2-3,8-10,13H,4-7H2,1H3. The third-order valence-corrected chi connectivity index (χ3v) is 3.41. The van der Waals surface area contributed by atoms with Gasteiger partial charge in [0.15, 0.2) is 0 Å². The number of likely N-dealkylation sites (N-methyl/N-ethyl adjacent to an activating group) is 1. The molecule has 3 nitrogen and oxygen atoms in total. The molecule has 1 N–H and O–H groups in total. The number of fused-ring (bicyclic) bond motifs is 2. The molecule has 3 heteroatoms. The van der Waals surface area contributed by atoms with Crippen LogP contribution in [0.4, 0.5) is 0 Å². The number of carbonyl (C=O) groups excluding carboxylic acids is 1. The van der Waals surface area contributed by atoms with Gasteiger partial charge in [0.2, 0.25) is 5.91 Å². The first-order valence-corrected chi connectivity index (χ1v) is 5.26. The van der Waals surface area contributed by atoms with Gasteiger partial charge in [0.05, 0.1) is 6.61 Å². The van der Waals surface area contributed by atoms with Crippen LogP contribution >= 0.6 is 0 Å². The van der Waals surface area contributed by atoms with Crippen LogP contribution in [-0.2, 0) is 4.79 Å². The molecular weight excluding hydrogens is 178 g/mol. The molecule has 0 saturated heterocycles. The van der Waals surface area contributed by atoms with Gasteiger partial charge in [-0.3, -0.25) is 4.79 Å². The average Bonchev–Trinajstić information content (AvgIpc) is 2.77. The Kier molecular flexibility index (Phi) is 2.59. The fourth-order valence-corrected chi connectivity index (χ4v) is 2.61. The normalized spacial score (nSPS) is 33.7. The van der Waals surface area contributed by atoms with Crippen molar-refractivity contribution in [1.29, 1.82) is 0 Å². The highest BCUT2D eigenvalue weighted by molar-refractivity contribution is 5.79. The third kappa shape index (κ3) is 1.57. The van der Waals surface area contributed by atoms with Gasteiger partial charge in [-0.2, -0.15) is 0 Å². The summed E-state index contributed by atoms with van der Waals surface area (Å²) in [4.78, 5) is 13.6. The smallest absolute Gasteiger partial charge is 0.226 e. The van der Waals surface area contributed by atoms with Crippen molar-refractivity contribution in [2.75, 3.05) is 20.2 Å². The summed E-state index contributed by atoms with van der Waals surface area (Å²) in [5.74, 6) is 1.49. The van der Waals surface area contributed by atoms with E-state index in [1.54, 1.807) is 11.9 Å². The van der Waals surface area contributed by atoms with Crippen LogP contribution in [0, 0.1) is 17.8 Å². The summed E-state index contributed by atoms with van der Waals surface area (Å²) in [6.07, 6.45) is 6.59. The number of aliphatic hydroxyl groups is 1. The number of aliphatic hydroxyl groups excluding tert-OH is 1.